The zero-order chi connectivity index (χ0) is 17.8. The predicted molar refractivity (Wildman–Crippen MR) is 93.8 cm³/mol. The number of morpholine rings is 1. The summed E-state index contributed by atoms with van der Waals surface area (Å²) in [6, 6.07) is 3.97. The van der Waals surface area contributed by atoms with Gasteiger partial charge in [-0.2, -0.15) is 0 Å². The fraction of sp³-hybridized carbons (Fsp3) is 0.500. The van der Waals surface area contributed by atoms with Gasteiger partial charge in [0.2, 0.25) is 0 Å². The summed E-state index contributed by atoms with van der Waals surface area (Å²) in [5.74, 6) is 1.50. The first-order valence-electron chi connectivity index (χ1n) is 8.58. The summed E-state index contributed by atoms with van der Waals surface area (Å²) >= 11 is 0. The summed E-state index contributed by atoms with van der Waals surface area (Å²) in [4.78, 5) is 19.2. The molecule has 2 aromatic heterocycles. The van der Waals surface area contributed by atoms with Gasteiger partial charge in [-0.3, -0.25) is 4.79 Å². The summed E-state index contributed by atoms with van der Waals surface area (Å²) in [5, 5.41) is 6.84. The highest BCUT2D eigenvalue weighted by atomic mass is 16.5. The average molecular weight is 344 g/mol. The Morgan fingerprint density at radius 3 is 2.72 bits per heavy atom. The van der Waals surface area contributed by atoms with E-state index in [-0.39, 0.29) is 11.8 Å². The number of hydrogen-bond acceptors (Lipinski definition) is 6. The van der Waals surface area contributed by atoms with Crippen LogP contribution in [0.5, 0.6) is 0 Å². The molecule has 1 amide bonds. The van der Waals surface area contributed by atoms with E-state index in [0.29, 0.717) is 23.6 Å². The Bertz CT molecular complexity index is 718. The van der Waals surface area contributed by atoms with Gasteiger partial charge in [-0.15, -0.1) is 0 Å². The van der Waals surface area contributed by atoms with Gasteiger partial charge in [0.1, 0.15) is 11.4 Å². The summed E-state index contributed by atoms with van der Waals surface area (Å²) in [6.07, 6.45) is 1.80. The monoisotopic (exact) mass is 344 g/mol. The van der Waals surface area contributed by atoms with Gasteiger partial charge in [0.15, 0.2) is 5.76 Å². The third-order valence-electron chi connectivity index (χ3n) is 4.24. The van der Waals surface area contributed by atoms with E-state index in [9.17, 15) is 4.79 Å². The molecule has 0 aliphatic carbocycles. The summed E-state index contributed by atoms with van der Waals surface area (Å²) in [6.45, 7) is 9.32. The molecule has 0 radical (unpaired) electrons. The van der Waals surface area contributed by atoms with Gasteiger partial charge in [0, 0.05) is 31.7 Å². The number of amides is 1. The van der Waals surface area contributed by atoms with Crippen molar-refractivity contribution in [3.05, 3.63) is 40.9 Å². The second-order valence-electron chi connectivity index (χ2n) is 6.47. The van der Waals surface area contributed by atoms with Crippen LogP contribution in [0, 0.1) is 6.92 Å². The van der Waals surface area contributed by atoms with Gasteiger partial charge in [-0.05, 0) is 18.6 Å². The zero-order valence-electron chi connectivity index (χ0n) is 14.9. The van der Waals surface area contributed by atoms with Crippen molar-refractivity contribution in [1.82, 2.24) is 15.5 Å². The van der Waals surface area contributed by atoms with E-state index in [4.69, 9.17) is 9.26 Å². The van der Waals surface area contributed by atoms with Crippen LogP contribution in [0.4, 0.5) is 5.82 Å². The highest BCUT2D eigenvalue weighted by Crippen LogP contribution is 2.22. The zero-order valence-corrected chi connectivity index (χ0v) is 14.9. The van der Waals surface area contributed by atoms with Crippen LogP contribution in [0.1, 0.15) is 47.1 Å². The maximum Gasteiger partial charge on any atom is 0.257 e. The molecular weight excluding hydrogens is 320 g/mol. The molecule has 2 aromatic rings. The molecule has 0 aromatic carbocycles. The Morgan fingerprint density at radius 1 is 1.32 bits per heavy atom. The molecule has 1 saturated heterocycles. The minimum Gasteiger partial charge on any atom is -0.378 e. The van der Waals surface area contributed by atoms with Gasteiger partial charge in [-0.25, -0.2) is 4.98 Å². The number of aromatic nitrogens is 2. The number of nitrogens with one attached hydrogen (secondary N) is 1. The van der Waals surface area contributed by atoms with Crippen LogP contribution >= 0.6 is 0 Å². The molecule has 1 N–H and O–H groups in total. The van der Waals surface area contributed by atoms with E-state index in [1.807, 2.05) is 26.0 Å². The molecule has 7 nitrogen and oxygen atoms in total. The Labute approximate surface area is 147 Å². The lowest BCUT2D eigenvalue weighted by molar-refractivity contribution is 0.0947. The van der Waals surface area contributed by atoms with Crippen molar-refractivity contribution in [2.75, 3.05) is 31.2 Å². The lowest BCUT2D eigenvalue weighted by Gasteiger charge is -2.27. The SMILES string of the molecule is Cc1noc(C(C)C)c1C(=O)NCc1ccc(N2CCOCC2)nc1. The minimum atomic E-state index is -0.167. The smallest absolute Gasteiger partial charge is 0.257 e. The number of hydrogen-bond donors (Lipinski definition) is 1. The second-order valence-corrected chi connectivity index (χ2v) is 6.47. The van der Waals surface area contributed by atoms with Crippen molar-refractivity contribution < 1.29 is 14.1 Å². The van der Waals surface area contributed by atoms with Crippen molar-refractivity contribution >= 4 is 11.7 Å². The molecule has 0 bridgehead atoms. The first-order valence-corrected chi connectivity index (χ1v) is 8.58. The van der Waals surface area contributed by atoms with Crippen molar-refractivity contribution in [3.63, 3.8) is 0 Å². The number of carbonyl (C=O) groups is 1. The lowest BCUT2D eigenvalue weighted by atomic mass is 10.0. The fourth-order valence-corrected chi connectivity index (χ4v) is 2.83. The first-order chi connectivity index (χ1) is 12.1. The molecule has 3 heterocycles. The van der Waals surface area contributed by atoms with E-state index in [0.717, 1.165) is 37.7 Å². The number of nitrogens with zero attached hydrogens (tertiary/aromatic N) is 3. The molecule has 1 fully saturated rings. The van der Waals surface area contributed by atoms with Crippen molar-refractivity contribution in [3.8, 4) is 0 Å². The van der Waals surface area contributed by atoms with E-state index >= 15 is 0 Å². The average Bonchev–Trinajstić information content (AvgIpc) is 3.03. The third kappa shape index (κ3) is 3.99. The Kier molecular flexibility index (Phi) is 5.33. The Hall–Kier alpha value is -2.41. The van der Waals surface area contributed by atoms with Crippen LogP contribution in [0.15, 0.2) is 22.9 Å². The molecule has 1 aliphatic heterocycles. The van der Waals surface area contributed by atoms with Gasteiger partial charge >= 0.3 is 0 Å². The largest absolute Gasteiger partial charge is 0.378 e. The quantitative estimate of drug-likeness (QED) is 0.896. The van der Waals surface area contributed by atoms with Crippen molar-refractivity contribution in [1.29, 1.82) is 0 Å². The van der Waals surface area contributed by atoms with Crippen molar-refractivity contribution in [2.24, 2.45) is 0 Å². The number of rotatable bonds is 5. The topological polar surface area (TPSA) is 80.5 Å². The van der Waals surface area contributed by atoms with Crippen molar-refractivity contribution in [2.45, 2.75) is 33.2 Å². The highest BCUT2D eigenvalue weighted by molar-refractivity contribution is 5.96. The van der Waals surface area contributed by atoms with Gasteiger partial charge < -0.3 is 19.5 Å². The standard InChI is InChI=1S/C18H24N4O3/c1-12(2)17-16(13(3)21-25-17)18(23)20-11-14-4-5-15(19-10-14)22-6-8-24-9-7-22/h4-5,10,12H,6-9,11H2,1-3H3,(H,20,23). The maximum atomic E-state index is 12.5. The van der Waals surface area contributed by atoms with Gasteiger partial charge in [-0.1, -0.05) is 25.1 Å². The summed E-state index contributed by atoms with van der Waals surface area (Å²) < 4.78 is 10.6. The molecule has 0 saturated carbocycles. The fourth-order valence-electron chi connectivity index (χ4n) is 2.83. The molecule has 7 heteroatoms. The summed E-state index contributed by atoms with van der Waals surface area (Å²) in [5.41, 5.74) is 2.10. The van der Waals surface area contributed by atoms with Crippen LogP contribution in [0.25, 0.3) is 0 Å². The van der Waals surface area contributed by atoms with E-state index < -0.39 is 0 Å². The van der Waals surface area contributed by atoms with Crippen LogP contribution in [0.3, 0.4) is 0 Å². The van der Waals surface area contributed by atoms with Crippen LogP contribution in [0.2, 0.25) is 0 Å². The Morgan fingerprint density at radius 2 is 2.08 bits per heavy atom. The third-order valence-corrected chi connectivity index (χ3v) is 4.24. The minimum absolute atomic E-state index is 0.108. The molecular formula is C18H24N4O3. The molecule has 0 spiro atoms. The first kappa shape index (κ1) is 17.4. The number of pyridine rings is 1. The van der Waals surface area contributed by atoms with E-state index in [1.165, 1.54) is 0 Å². The molecule has 0 unspecified atom stereocenters. The predicted octanol–water partition coefficient (Wildman–Crippen LogP) is 2.27. The van der Waals surface area contributed by atoms with Crippen LogP contribution in [-0.4, -0.2) is 42.4 Å². The normalized spacial score (nSPS) is 14.8. The molecule has 1 aliphatic rings. The van der Waals surface area contributed by atoms with E-state index in [2.05, 4.69) is 20.4 Å². The van der Waals surface area contributed by atoms with Gasteiger partial charge in [0.25, 0.3) is 5.91 Å². The number of anilines is 1. The lowest BCUT2D eigenvalue weighted by Crippen LogP contribution is -2.36. The number of ether oxygens (including phenoxy) is 1. The molecule has 0 atom stereocenters. The molecule has 134 valence electrons. The van der Waals surface area contributed by atoms with Crippen LogP contribution in [-0.2, 0) is 11.3 Å². The highest BCUT2D eigenvalue weighted by Gasteiger charge is 2.22. The van der Waals surface area contributed by atoms with E-state index in [1.54, 1.807) is 13.1 Å². The second kappa shape index (κ2) is 7.65. The van der Waals surface area contributed by atoms with Gasteiger partial charge in [0.05, 0.1) is 18.9 Å². The number of carbonyl (C=O) groups excluding carboxylic acids is 1. The summed E-state index contributed by atoms with van der Waals surface area (Å²) in [7, 11) is 0. The Balaban J connectivity index is 1.62. The maximum absolute atomic E-state index is 12.5. The molecule has 3 rings (SSSR count). The van der Waals surface area contributed by atoms with Crippen LogP contribution < -0.4 is 10.2 Å². The molecule has 25 heavy (non-hydrogen) atoms. The number of aryl methyl sites for hydroxylation is 1.